The SMILES string of the molecule is COc1cc(C#N)ccc1OCCC1OCCCO1. The molecule has 5 nitrogen and oxygen atoms in total. The van der Waals surface area contributed by atoms with Crippen LogP contribution >= 0.6 is 0 Å². The Bertz CT molecular complexity index is 449. The van der Waals surface area contributed by atoms with Gasteiger partial charge in [-0.2, -0.15) is 5.26 Å². The van der Waals surface area contributed by atoms with Crippen molar-refractivity contribution in [3.05, 3.63) is 23.8 Å². The van der Waals surface area contributed by atoms with Crippen LogP contribution in [0.25, 0.3) is 0 Å². The molecule has 0 bridgehead atoms. The summed E-state index contributed by atoms with van der Waals surface area (Å²) in [4.78, 5) is 0. The summed E-state index contributed by atoms with van der Waals surface area (Å²) in [7, 11) is 1.55. The monoisotopic (exact) mass is 263 g/mol. The van der Waals surface area contributed by atoms with E-state index in [1.165, 1.54) is 0 Å². The molecule has 0 saturated carbocycles. The molecule has 0 aliphatic carbocycles. The van der Waals surface area contributed by atoms with Crippen molar-refractivity contribution in [2.24, 2.45) is 0 Å². The van der Waals surface area contributed by atoms with Gasteiger partial charge in [0.05, 0.1) is 38.6 Å². The average molecular weight is 263 g/mol. The predicted octanol–water partition coefficient (Wildman–Crippen LogP) is 2.10. The van der Waals surface area contributed by atoms with Gasteiger partial charge in [0.1, 0.15) is 0 Å². The molecule has 102 valence electrons. The fraction of sp³-hybridized carbons (Fsp3) is 0.500. The highest BCUT2D eigenvalue weighted by Gasteiger charge is 2.14. The number of hydrogen-bond donors (Lipinski definition) is 0. The molecule has 1 fully saturated rings. The minimum atomic E-state index is -0.182. The van der Waals surface area contributed by atoms with Crippen LogP contribution in [0.5, 0.6) is 11.5 Å². The molecule has 0 aromatic heterocycles. The molecule has 0 amide bonds. The van der Waals surface area contributed by atoms with Crippen molar-refractivity contribution in [1.29, 1.82) is 5.26 Å². The van der Waals surface area contributed by atoms with E-state index in [-0.39, 0.29) is 6.29 Å². The van der Waals surface area contributed by atoms with Crippen LogP contribution in [0.15, 0.2) is 18.2 Å². The topological polar surface area (TPSA) is 60.7 Å². The van der Waals surface area contributed by atoms with Crippen LogP contribution in [0.1, 0.15) is 18.4 Å². The molecular weight excluding hydrogens is 246 g/mol. The van der Waals surface area contributed by atoms with Gasteiger partial charge in [-0.05, 0) is 18.6 Å². The van der Waals surface area contributed by atoms with E-state index >= 15 is 0 Å². The molecule has 0 unspecified atom stereocenters. The third kappa shape index (κ3) is 3.85. The molecule has 19 heavy (non-hydrogen) atoms. The van der Waals surface area contributed by atoms with Gasteiger partial charge < -0.3 is 18.9 Å². The maximum absolute atomic E-state index is 8.82. The zero-order valence-corrected chi connectivity index (χ0v) is 10.9. The Kier molecular flexibility index (Phi) is 5.01. The van der Waals surface area contributed by atoms with Crippen molar-refractivity contribution in [3.63, 3.8) is 0 Å². The molecule has 1 aliphatic rings. The number of hydrogen-bond acceptors (Lipinski definition) is 5. The molecule has 0 spiro atoms. The molecule has 2 rings (SSSR count). The van der Waals surface area contributed by atoms with E-state index < -0.39 is 0 Å². The molecule has 1 aromatic rings. The van der Waals surface area contributed by atoms with Crippen LogP contribution in [0.4, 0.5) is 0 Å². The Morgan fingerprint density at radius 3 is 2.79 bits per heavy atom. The fourth-order valence-corrected chi connectivity index (χ4v) is 1.82. The third-order valence-corrected chi connectivity index (χ3v) is 2.80. The minimum Gasteiger partial charge on any atom is -0.493 e. The first kappa shape index (κ1) is 13.7. The Hall–Kier alpha value is -1.77. The van der Waals surface area contributed by atoms with Crippen LogP contribution < -0.4 is 9.47 Å². The standard InChI is InChI=1S/C14H17NO4/c1-16-13-9-11(10-15)3-4-12(13)17-8-5-14-18-6-2-7-19-14/h3-4,9,14H,2,5-8H2,1H3. The number of nitrogens with zero attached hydrogens (tertiary/aromatic N) is 1. The van der Waals surface area contributed by atoms with Crippen LogP contribution in [-0.2, 0) is 9.47 Å². The summed E-state index contributed by atoms with van der Waals surface area (Å²) in [6.07, 6.45) is 1.43. The van der Waals surface area contributed by atoms with Crippen LogP contribution in [0, 0.1) is 11.3 Å². The summed E-state index contributed by atoms with van der Waals surface area (Å²) in [5.74, 6) is 1.18. The first-order valence-electron chi connectivity index (χ1n) is 6.27. The molecule has 0 radical (unpaired) electrons. The summed E-state index contributed by atoms with van der Waals surface area (Å²) in [6, 6.07) is 7.15. The summed E-state index contributed by atoms with van der Waals surface area (Å²) in [5.41, 5.74) is 0.545. The Morgan fingerprint density at radius 1 is 1.32 bits per heavy atom. The molecule has 1 aromatic carbocycles. The van der Waals surface area contributed by atoms with Crippen molar-refractivity contribution in [3.8, 4) is 17.6 Å². The summed E-state index contributed by atoms with van der Waals surface area (Å²) >= 11 is 0. The number of methoxy groups -OCH3 is 1. The fourth-order valence-electron chi connectivity index (χ4n) is 1.82. The Labute approximate surface area is 112 Å². The van der Waals surface area contributed by atoms with Crippen molar-refractivity contribution < 1.29 is 18.9 Å². The average Bonchev–Trinajstić information content (AvgIpc) is 2.48. The van der Waals surface area contributed by atoms with Gasteiger partial charge in [0, 0.05) is 12.5 Å². The first-order valence-corrected chi connectivity index (χ1v) is 6.27. The lowest BCUT2D eigenvalue weighted by atomic mass is 10.2. The second-order valence-corrected chi connectivity index (χ2v) is 4.14. The maximum Gasteiger partial charge on any atom is 0.162 e. The van der Waals surface area contributed by atoms with Gasteiger partial charge in [-0.15, -0.1) is 0 Å². The van der Waals surface area contributed by atoms with Gasteiger partial charge in [0.15, 0.2) is 17.8 Å². The molecular formula is C14H17NO4. The van der Waals surface area contributed by atoms with E-state index in [1.807, 2.05) is 0 Å². The molecule has 0 atom stereocenters. The van der Waals surface area contributed by atoms with E-state index in [4.69, 9.17) is 24.2 Å². The van der Waals surface area contributed by atoms with E-state index in [0.29, 0.717) is 30.1 Å². The Morgan fingerprint density at radius 2 is 2.11 bits per heavy atom. The van der Waals surface area contributed by atoms with E-state index in [9.17, 15) is 0 Å². The van der Waals surface area contributed by atoms with Gasteiger partial charge in [-0.3, -0.25) is 0 Å². The second-order valence-electron chi connectivity index (χ2n) is 4.14. The normalized spacial score (nSPS) is 15.8. The molecule has 5 heteroatoms. The summed E-state index contributed by atoms with van der Waals surface area (Å²) < 4.78 is 21.7. The lowest BCUT2D eigenvalue weighted by Gasteiger charge is -2.23. The van der Waals surface area contributed by atoms with Crippen LogP contribution in [0.3, 0.4) is 0 Å². The van der Waals surface area contributed by atoms with E-state index in [0.717, 1.165) is 19.6 Å². The van der Waals surface area contributed by atoms with Crippen LogP contribution in [-0.4, -0.2) is 33.2 Å². The molecule has 1 aliphatic heterocycles. The molecule has 1 saturated heterocycles. The van der Waals surface area contributed by atoms with E-state index in [1.54, 1.807) is 25.3 Å². The highest BCUT2D eigenvalue weighted by atomic mass is 16.7. The number of benzene rings is 1. The third-order valence-electron chi connectivity index (χ3n) is 2.80. The van der Waals surface area contributed by atoms with Gasteiger partial charge in [-0.1, -0.05) is 0 Å². The minimum absolute atomic E-state index is 0.182. The Balaban J connectivity index is 1.86. The number of ether oxygens (including phenoxy) is 4. The molecule has 0 N–H and O–H groups in total. The highest BCUT2D eigenvalue weighted by Crippen LogP contribution is 2.28. The number of nitriles is 1. The maximum atomic E-state index is 8.82. The van der Waals surface area contributed by atoms with Crippen molar-refractivity contribution in [2.45, 2.75) is 19.1 Å². The van der Waals surface area contributed by atoms with E-state index in [2.05, 4.69) is 6.07 Å². The zero-order valence-electron chi connectivity index (χ0n) is 10.9. The smallest absolute Gasteiger partial charge is 0.162 e. The summed E-state index contributed by atoms with van der Waals surface area (Å²) in [6.45, 7) is 1.96. The van der Waals surface area contributed by atoms with Crippen LogP contribution in [0.2, 0.25) is 0 Å². The lowest BCUT2D eigenvalue weighted by molar-refractivity contribution is -0.183. The van der Waals surface area contributed by atoms with Gasteiger partial charge >= 0.3 is 0 Å². The van der Waals surface area contributed by atoms with Gasteiger partial charge in [0.25, 0.3) is 0 Å². The van der Waals surface area contributed by atoms with Crippen molar-refractivity contribution in [2.75, 3.05) is 26.9 Å². The second kappa shape index (κ2) is 6.98. The van der Waals surface area contributed by atoms with Gasteiger partial charge in [-0.25, -0.2) is 0 Å². The predicted molar refractivity (Wildman–Crippen MR) is 68.1 cm³/mol. The van der Waals surface area contributed by atoms with Crippen molar-refractivity contribution >= 4 is 0 Å². The van der Waals surface area contributed by atoms with Crippen molar-refractivity contribution in [1.82, 2.24) is 0 Å². The first-order chi connectivity index (χ1) is 9.33. The summed E-state index contributed by atoms with van der Waals surface area (Å²) in [5, 5.41) is 8.82. The lowest BCUT2D eigenvalue weighted by Crippen LogP contribution is -2.26. The molecule has 1 heterocycles. The largest absolute Gasteiger partial charge is 0.493 e. The highest BCUT2D eigenvalue weighted by molar-refractivity contribution is 5.46. The number of rotatable bonds is 5. The zero-order chi connectivity index (χ0) is 13.5. The van der Waals surface area contributed by atoms with Gasteiger partial charge in [0.2, 0.25) is 0 Å². The quantitative estimate of drug-likeness (QED) is 0.814.